The van der Waals surface area contributed by atoms with Crippen molar-refractivity contribution in [3.63, 3.8) is 0 Å². The van der Waals surface area contributed by atoms with Crippen LogP contribution in [0.1, 0.15) is 44.1 Å². The zero-order valence-electron chi connectivity index (χ0n) is 20.4. The maximum absolute atomic E-state index is 14.0. The number of nitrogens with two attached hydrogens (primary N) is 1. The Morgan fingerprint density at radius 3 is 2.51 bits per heavy atom. The summed E-state index contributed by atoms with van der Waals surface area (Å²) in [7, 11) is 1.42. The predicted octanol–water partition coefficient (Wildman–Crippen LogP) is 3.16. The molecule has 2 aliphatic rings. The second kappa shape index (κ2) is 10.8. The van der Waals surface area contributed by atoms with Crippen LogP contribution in [-0.4, -0.2) is 56.8 Å². The zero-order chi connectivity index (χ0) is 26.7. The maximum atomic E-state index is 14.0. The summed E-state index contributed by atoms with van der Waals surface area (Å²) in [6.07, 6.45) is 3.20. The molecule has 12 heteroatoms. The highest BCUT2D eigenvalue weighted by Gasteiger charge is 2.56. The number of aromatic nitrogens is 3. The minimum Gasteiger partial charge on any atom is -0.384 e. The number of nitrogens with zero attached hydrogens (tertiary/aromatic N) is 5. The molecule has 0 unspecified atom stereocenters. The van der Waals surface area contributed by atoms with Crippen molar-refractivity contribution in [3.05, 3.63) is 42.5 Å². The average molecular weight is 519 g/mol. The number of amides is 3. The molecule has 3 amide bonds. The first-order chi connectivity index (χ1) is 17.6. The molecule has 2 N–H and O–H groups in total. The summed E-state index contributed by atoms with van der Waals surface area (Å²) in [6.45, 7) is 0. The Bertz CT molecular complexity index is 1140. The summed E-state index contributed by atoms with van der Waals surface area (Å²) in [4.78, 5) is 53.6. The normalized spacial score (nSPS) is 21.3. The van der Waals surface area contributed by atoms with Gasteiger partial charge in [0.05, 0.1) is 18.0 Å². The summed E-state index contributed by atoms with van der Waals surface area (Å²) < 4.78 is 42.0. The van der Waals surface area contributed by atoms with Gasteiger partial charge in [-0.05, 0) is 42.9 Å². The van der Waals surface area contributed by atoms with E-state index in [2.05, 4.69) is 15.0 Å². The van der Waals surface area contributed by atoms with Crippen molar-refractivity contribution in [2.24, 2.45) is 17.8 Å². The number of β-lactam (4-membered cyclic amide) rings is 1. The van der Waals surface area contributed by atoms with E-state index < -0.39 is 54.1 Å². The highest BCUT2D eigenvalue weighted by atomic mass is 19.4. The Morgan fingerprint density at radius 2 is 1.89 bits per heavy atom. The molecule has 2 aromatic rings. The van der Waals surface area contributed by atoms with Crippen LogP contribution < -0.4 is 10.6 Å². The molecule has 1 saturated carbocycles. The van der Waals surface area contributed by atoms with Crippen LogP contribution in [0.2, 0.25) is 0 Å². The average Bonchev–Trinajstić information content (AvgIpc) is 2.88. The van der Waals surface area contributed by atoms with Gasteiger partial charge in [-0.25, -0.2) is 9.97 Å². The molecule has 0 bridgehead atoms. The number of nitrogen functional groups attached to an aromatic ring is 1. The highest BCUT2D eigenvalue weighted by molar-refractivity contribution is 6.12. The number of alkyl halides is 3. The van der Waals surface area contributed by atoms with E-state index in [0.717, 1.165) is 11.3 Å². The van der Waals surface area contributed by atoms with E-state index in [9.17, 15) is 27.6 Å². The Morgan fingerprint density at radius 1 is 1.16 bits per heavy atom. The molecule has 3 heterocycles. The van der Waals surface area contributed by atoms with Crippen LogP contribution >= 0.6 is 0 Å². The van der Waals surface area contributed by atoms with Crippen LogP contribution in [0.3, 0.4) is 0 Å². The van der Waals surface area contributed by atoms with Crippen LogP contribution in [0, 0.1) is 17.8 Å². The lowest BCUT2D eigenvalue weighted by molar-refractivity contribution is -0.199. The van der Waals surface area contributed by atoms with Crippen LogP contribution in [-0.2, 0) is 20.8 Å². The number of halogens is 3. The second-order valence-corrected chi connectivity index (χ2v) is 9.66. The second-order valence-electron chi connectivity index (χ2n) is 9.66. The fourth-order valence-electron chi connectivity index (χ4n) is 5.33. The van der Waals surface area contributed by atoms with E-state index in [1.807, 2.05) is 0 Å². The van der Waals surface area contributed by atoms with E-state index in [1.54, 1.807) is 12.1 Å². The van der Waals surface area contributed by atoms with Crippen molar-refractivity contribution >= 4 is 29.4 Å². The quantitative estimate of drug-likeness (QED) is 0.559. The molecule has 9 nitrogen and oxygen atoms in total. The lowest BCUT2D eigenvalue weighted by Crippen LogP contribution is -2.69. The standard InChI is InChI=1S/C25H29F3N6O3/c1-33(20-14-30-9-10-32-20)24(37)22-17(11-15-7-8-31-19(29)12-15)23(36)34(22)21(35)13-18(25(26,27)28)16-5-3-2-4-6-16/h7-10,12,14,16-18,22H,2-6,11,13H2,1H3,(H2,29,31)/t17-,18+,22+/m1/s1. The number of carbonyl (C=O) groups is 3. The van der Waals surface area contributed by atoms with Crippen LogP contribution in [0.4, 0.5) is 24.8 Å². The monoisotopic (exact) mass is 518 g/mol. The van der Waals surface area contributed by atoms with Gasteiger partial charge in [-0.1, -0.05) is 19.3 Å². The van der Waals surface area contributed by atoms with Crippen LogP contribution in [0.15, 0.2) is 36.9 Å². The van der Waals surface area contributed by atoms with Crippen molar-refractivity contribution in [1.82, 2.24) is 19.9 Å². The molecule has 1 aliphatic carbocycles. The topological polar surface area (TPSA) is 122 Å². The molecule has 2 fully saturated rings. The van der Waals surface area contributed by atoms with Crippen LogP contribution in [0.5, 0.6) is 0 Å². The zero-order valence-corrected chi connectivity index (χ0v) is 20.4. The van der Waals surface area contributed by atoms with Crippen molar-refractivity contribution in [1.29, 1.82) is 0 Å². The highest BCUT2D eigenvalue weighted by Crippen LogP contribution is 2.43. The van der Waals surface area contributed by atoms with Gasteiger partial charge in [0.15, 0.2) is 5.82 Å². The van der Waals surface area contributed by atoms with Gasteiger partial charge in [0.25, 0.3) is 5.91 Å². The molecule has 1 aliphatic heterocycles. The summed E-state index contributed by atoms with van der Waals surface area (Å²) in [5.41, 5.74) is 6.35. The molecule has 0 radical (unpaired) electrons. The Kier molecular flexibility index (Phi) is 7.74. The molecule has 198 valence electrons. The van der Waals surface area contributed by atoms with Gasteiger partial charge in [-0.2, -0.15) is 13.2 Å². The lowest BCUT2D eigenvalue weighted by atomic mass is 9.76. The number of carbonyl (C=O) groups excluding carboxylic acids is 3. The molecule has 0 spiro atoms. The third-order valence-corrected chi connectivity index (χ3v) is 7.29. The smallest absolute Gasteiger partial charge is 0.384 e. The van der Waals surface area contributed by atoms with Gasteiger partial charge in [0.2, 0.25) is 11.8 Å². The largest absolute Gasteiger partial charge is 0.392 e. The summed E-state index contributed by atoms with van der Waals surface area (Å²) in [5, 5.41) is 0. The first kappa shape index (κ1) is 26.5. The first-order valence-corrected chi connectivity index (χ1v) is 12.2. The van der Waals surface area contributed by atoms with Crippen molar-refractivity contribution in [3.8, 4) is 0 Å². The van der Waals surface area contributed by atoms with Gasteiger partial charge < -0.3 is 5.73 Å². The molecule has 37 heavy (non-hydrogen) atoms. The lowest BCUT2D eigenvalue weighted by Gasteiger charge is -2.46. The molecule has 3 atom stereocenters. The summed E-state index contributed by atoms with van der Waals surface area (Å²) >= 11 is 0. The number of hydrogen-bond acceptors (Lipinski definition) is 7. The first-order valence-electron chi connectivity index (χ1n) is 12.2. The molecule has 4 rings (SSSR count). The van der Waals surface area contributed by atoms with Gasteiger partial charge in [-0.15, -0.1) is 0 Å². The van der Waals surface area contributed by atoms with Gasteiger partial charge in [-0.3, -0.25) is 29.2 Å². The number of likely N-dealkylation sites (N-methyl/N-ethyl adjacent to an activating group) is 1. The van der Waals surface area contributed by atoms with Gasteiger partial charge >= 0.3 is 6.18 Å². The van der Waals surface area contributed by atoms with Crippen molar-refractivity contribution in [2.75, 3.05) is 17.7 Å². The third kappa shape index (κ3) is 5.72. The molecule has 1 saturated heterocycles. The van der Waals surface area contributed by atoms with Crippen molar-refractivity contribution < 1.29 is 27.6 Å². The number of imide groups is 1. The Labute approximate surface area is 212 Å². The minimum atomic E-state index is -4.59. The number of rotatable bonds is 7. The Hall–Kier alpha value is -3.57. The summed E-state index contributed by atoms with van der Waals surface area (Å²) in [5.74, 6) is -5.40. The van der Waals surface area contributed by atoms with E-state index in [0.29, 0.717) is 36.1 Å². The van der Waals surface area contributed by atoms with E-state index in [4.69, 9.17) is 5.73 Å². The maximum Gasteiger partial charge on any atom is 0.392 e. The molecular formula is C25H29F3N6O3. The predicted molar refractivity (Wildman–Crippen MR) is 128 cm³/mol. The van der Waals surface area contributed by atoms with E-state index >= 15 is 0 Å². The number of hydrogen-bond donors (Lipinski definition) is 1. The fraction of sp³-hybridized carbons (Fsp3) is 0.520. The SMILES string of the molecule is CN(C(=O)[C@@H]1[C@@H](Cc2ccnc(N)c2)C(=O)N1C(=O)C[C@@H](C1CCCCC1)C(F)(F)F)c1cnccn1. The summed E-state index contributed by atoms with van der Waals surface area (Å²) in [6, 6.07) is 1.90. The molecule has 2 aromatic heterocycles. The number of anilines is 2. The molecule has 0 aromatic carbocycles. The van der Waals surface area contributed by atoms with E-state index in [-0.39, 0.29) is 18.1 Å². The van der Waals surface area contributed by atoms with Crippen molar-refractivity contribution in [2.45, 2.75) is 57.2 Å². The van der Waals surface area contributed by atoms with Crippen LogP contribution in [0.25, 0.3) is 0 Å². The minimum absolute atomic E-state index is 0.0748. The number of pyridine rings is 1. The number of likely N-dealkylation sites (tertiary alicyclic amines) is 1. The third-order valence-electron chi connectivity index (χ3n) is 7.29. The van der Waals surface area contributed by atoms with E-state index in [1.165, 1.54) is 31.8 Å². The van der Waals surface area contributed by atoms with Gasteiger partial charge in [0.1, 0.15) is 11.9 Å². The van der Waals surface area contributed by atoms with Gasteiger partial charge in [0, 0.05) is 32.1 Å². The fourth-order valence-corrected chi connectivity index (χ4v) is 5.33. The molecular weight excluding hydrogens is 489 g/mol. The Balaban J connectivity index is 1.60.